The third kappa shape index (κ3) is 4.90. The van der Waals surface area contributed by atoms with Crippen LogP contribution in [0.4, 0.5) is 5.69 Å². The van der Waals surface area contributed by atoms with Crippen LogP contribution in [-0.4, -0.2) is 23.7 Å². The number of benzene rings is 1. The molecule has 1 aromatic carbocycles. The highest BCUT2D eigenvalue weighted by atomic mass is 35.5. The van der Waals surface area contributed by atoms with E-state index in [1.165, 1.54) is 12.1 Å². The van der Waals surface area contributed by atoms with Gasteiger partial charge < -0.3 is 16.2 Å². The lowest BCUT2D eigenvalue weighted by atomic mass is 10.1. The zero-order valence-electron chi connectivity index (χ0n) is 10.9. The van der Waals surface area contributed by atoms with Gasteiger partial charge in [-0.15, -0.1) is 0 Å². The number of carbonyl (C=O) groups excluding carboxylic acids is 1. The molecule has 0 aliphatic rings. The molecular formula is C13H18Cl2N2O2. The quantitative estimate of drug-likeness (QED) is 0.732. The maximum atomic E-state index is 11.9. The van der Waals surface area contributed by atoms with Crippen LogP contribution in [0.25, 0.3) is 0 Å². The molecule has 1 aromatic rings. The molecule has 0 radical (unpaired) electrons. The second-order valence-electron chi connectivity index (χ2n) is 4.85. The fraction of sp³-hybridized carbons (Fsp3) is 0.462. The number of nitrogen functional groups attached to an aromatic ring is 1. The van der Waals surface area contributed by atoms with Crippen LogP contribution >= 0.6 is 23.2 Å². The van der Waals surface area contributed by atoms with Gasteiger partial charge in [-0.25, -0.2) is 0 Å². The van der Waals surface area contributed by atoms with Crippen molar-refractivity contribution in [2.75, 3.05) is 12.3 Å². The predicted molar refractivity (Wildman–Crippen MR) is 78.7 cm³/mol. The summed E-state index contributed by atoms with van der Waals surface area (Å²) in [7, 11) is 0. The molecule has 19 heavy (non-hydrogen) atoms. The summed E-state index contributed by atoms with van der Waals surface area (Å²) < 4.78 is 0. The van der Waals surface area contributed by atoms with Gasteiger partial charge in [0.1, 0.15) is 0 Å². The topological polar surface area (TPSA) is 75.3 Å². The number of aliphatic hydroxyl groups excluding tert-OH is 1. The minimum Gasteiger partial charge on any atom is -0.397 e. The van der Waals surface area contributed by atoms with Gasteiger partial charge in [-0.1, -0.05) is 37.0 Å². The number of nitrogens with two attached hydrogens (primary N) is 1. The number of carbonyl (C=O) groups is 1. The maximum absolute atomic E-state index is 11.9. The van der Waals surface area contributed by atoms with Crippen molar-refractivity contribution in [2.24, 2.45) is 5.92 Å². The highest BCUT2D eigenvalue weighted by molar-refractivity contribution is 6.43. The third-order valence-electron chi connectivity index (χ3n) is 2.56. The van der Waals surface area contributed by atoms with Crippen molar-refractivity contribution in [3.63, 3.8) is 0 Å². The first-order valence-corrected chi connectivity index (χ1v) is 6.77. The van der Waals surface area contributed by atoms with Crippen molar-refractivity contribution in [1.82, 2.24) is 5.32 Å². The van der Waals surface area contributed by atoms with E-state index in [4.69, 9.17) is 28.9 Å². The van der Waals surface area contributed by atoms with Crippen molar-refractivity contribution in [1.29, 1.82) is 0 Å². The predicted octanol–water partition coefficient (Wildman–Crippen LogP) is 2.71. The molecule has 1 atom stereocenters. The molecular weight excluding hydrogens is 287 g/mol. The summed E-state index contributed by atoms with van der Waals surface area (Å²) in [6.07, 6.45) is 0.0631. The summed E-state index contributed by atoms with van der Waals surface area (Å²) in [5.74, 6) is 0.0283. The van der Waals surface area contributed by atoms with Crippen molar-refractivity contribution < 1.29 is 9.90 Å². The SMILES string of the molecule is CC(C)CC(O)CNC(=O)c1cc(N)c(Cl)c(Cl)c1. The molecule has 0 aromatic heterocycles. The molecule has 6 heteroatoms. The lowest BCUT2D eigenvalue weighted by Gasteiger charge is -2.14. The van der Waals surface area contributed by atoms with Crippen LogP contribution in [0.15, 0.2) is 12.1 Å². The fourth-order valence-electron chi connectivity index (χ4n) is 1.68. The standard InChI is InChI=1S/C13H18Cl2N2O2/c1-7(2)3-9(18)6-17-13(19)8-4-10(14)12(15)11(16)5-8/h4-5,7,9,18H,3,6,16H2,1-2H3,(H,17,19). The summed E-state index contributed by atoms with van der Waals surface area (Å²) in [4.78, 5) is 11.9. The highest BCUT2D eigenvalue weighted by Gasteiger charge is 2.13. The monoisotopic (exact) mass is 304 g/mol. The summed E-state index contributed by atoms with van der Waals surface area (Å²) in [5, 5.41) is 12.8. The van der Waals surface area contributed by atoms with E-state index in [1.54, 1.807) is 0 Å². The molecule has 0 fully saturated rings. The summed E-state index contributed by atoms with van der Waals surface area (Å²) >= 11 is 11.7. The van der Waals surface area contributed by atoms with Crippen LogP contribution < -0.4 is 11.1 Å². The Bertz CT molecular complexity index is 441. The molecule has 0 aliphatic heterocycles. The number of anilines is 1. The first kappa shape index (κ1) is 16.1. The number of nitrogens with one attached hydrogen (secondary N) is 1. The minimum atomic E-state index is -0.566. The average molecular weight is 305 g/mol. The molecule has 1 amide bonds. The second-order valence-corrected chi connectivity index (χ2v) is 5.64. The molecule has 0 aliphatic carbocycles. The van der Waals surface area contributed by atoms with Crippen molar-refractivity contribution in [3.8, 4) is 0 Å². The molecule has 1 unspecified atom stereocenters. The Kier molecular flexibility index (Phi) is 5.91. The Morgan fingerprint density at radius 3 is 2.58 bits per heavy atom. The number of aliphatic hydroxyl groups is 1. The highest BCUT2D eigenvalue weighted by Crippen LogP contribution is 2.29. The number of hydrogen-bond acceptors (Lipinski definition) is 3. The van der Waals surface area contributed by atoms with Crippen LogP contribution in [0.1, 0.15) is 30.6 Å². The van der Waals surface area contributed by atoms with Crippen LogP contribution in [0, 0.1) is 5.92 Å². The Morgan fingerprint density at radius 1 is 1.42 bits per heavy atom. The molecule has 1 rings (SSSR count). The van der Waals surface area contributed by atoms with E-state index in [1.807, 2.05) is 13.8 Å². The summed E-state index contributed by atoms with van der Waals surface area (Å²) in [6, 6.07) is 2.91. The zero-order chi connectivity index (χ0) is 14.6. The largest absolute Gasteiger partial charge is 0.397 e. The van der Waals surface area contributed by atoms with Crippen LogP contribution in [-0.2, 0) is 0 Å². The normalized spacial score (nSPS) is 12.5. The molecule has 0 heterocycles. The Labute approximate surface area is 122 Å². The second kappa shape index (κ2) is 6.98. The van der Waals surface area contributed by atoms with Crippen molar-refractivity contribution in [3.05, 3.63) is 27.7 Å². The van der Waals surface area contributed by atoms with Crippen molar-refractivity contribution in [2.45, 2.75) is 26.4 Å². The molecule has 106 valence electrons. The van der Waals surface area contributed by atoms with Gasteiger partial charge in [0.2, 0.25) is 0 Å². The molecule has 0 saturated carbocycles. The van der Waals surface area contributed by atoms with Crippen molar-refractivity contribution >= 4 is 34.8 Å². The molecule has 0 spiro atoms. The third-order valence-corrected chi connectivity index (χ3v) is 3.38. The number of amides is 1. The summed E-state index contributed by atoms with van der Waals surface area (Å²) in [6.45, 7) is 4.20. The van der Waals surface area contributed by atoms with Gasteiger partial charge in [0, 0.05) is 12.1 Å². The molecule has 4 nitrogen and oxygen atoms in total. The van der Waals surface area contributed by atoms with E-state index >= 15 is 0 Å². The lowest BCUT2D eigenvalue weighted by molar-refractivity contribution is 0.0900. The minimum absolute atomic E-state index is 0.192. The van der Waals surface area contributed by atoms with Crippen LogP contribution in [0.5, 0.6) is 0 Å². The van der Waals surface area contributed by atoms with Crippen LogP contribution in [0.3, 0.4) is 0 Å². The number of rotatable bonds is 5. The van der Waals surface area contributed by atoms with E-state index in [0.29, 0.717) is 17.9 Å². The first-order chi connectivity index (χ1) is 8.81. The lowest BCUT2D eigenvalue weighted by Crippen LogP contribution is -2.32. The number of halogens is 2. The van der Waals surface area contributed by atoms with Gasteiger partial charge in [-0.3, -0.25) is 4.79 Å². The van der Waals surface area contributed by atoms with Gasteiger partial charge in [0.25, 0.3) is 5.91 Å². The Hall–Kier alpha value is -0.970. The Balaban J connectivity index is 2.64. The van der Waals surface area contributed by atoms with Gasteiger partial charge >= 0.3 is 0 Å². The zero-order valence-corrected chi connectivity index (χ0v) is 12.4. The molecule has 0 bridgehead atoms. The summed E-state index contributed by atoms with van der Waals surface area (Å²) in [5.41, 5.74) is 6.21. The van der Waals surface area contributed by atoms with Gasteiger partial charge in [-0.05, 0) is 24.5 Å². The van der Waals surface area contributed by atoms with E-state index in [9.17, 15) is 9.90 Å². The molecule has 0 saturated heterocycles. The fourth-order valence-corrected chi connectivity index (χ4v) is 2.02. The first-order valence-electron chi connectivity index (χ1n) is 6.02. The van der Waals surface area contributed by atoms with E-state index in [-0.39, 0.29) is 28.2 Å². The average Bonchev–Trinajstić information content (AvgIpc) is 2.31. The van der Waals surface area contributed by atoms with Gasteiger partial charge in [-0.2, -0.15) is 0 Å². The van der Waals surface area contributed by atoms with E-state index in [2.05, 4.69) is 5.32 Å². The van der Waals surface area contributed by atoms with E-state index < -0.39 is 6.10 Å². The smallest absolute Gasteiger partial charge is 0.251 e. The van der Waals surface area contributed by atoms with Gasteiger partial charge in [0.15, 0.2) is 0 Å². The van der Waals surface area contributed by atoms with E-state index in [0.717, 1.165) is 0 Å². The van der Waals surface area contributed by atoms with Crippen LogP contribution in [0.2, 0.25) is 10.0 Å². The van der Waals surface area contributed by atoms with Gasteiger partial charge in [0.05, 0.1) is 21.8 Å². The molecule has 4 N–H and O–H groups in total. The Morgan fingerprint density at radius 2 is 2.05 bits per heavy atom. The number of hydrogen-bond donors (Lipinski definition) is 3. The maximum Gasteiger partial charge on any atom is 0.251 e.